The lowest BCUT2D eigenvalue weighted by Gasteiger charge is -2.31. The molecule has 2 aliphatic rings. The number of likely N-dealkylation sites (tertiary alicyclic amines) is 1. The van der Waals surface area contributed by atoms with E-state index in [1.54, 1.807) is 11.3 Å². The lowest BCUT2D eigenvalue weighted by molar-refractivity contribution is 0.0697. The highest BCUT2D eigenvalue weighted by Gasteiger charge is 2.32. The van der Waals surface area contributed by atoms with Crippen LogP contribution < -0.4 is 5.32 Å². The third-order valence-corrected chi connectivity index (χ3v) is 7.58. The summed E-state index contributed by atoms with van der Waals surface area (Å²) in [7, 11) is 0. The maximum Gasteiger partial charge on any atom is 0.257 e. The molecule has 0 spiro atoms. The van der Waals surface area contributed by atoms with Gasteiger partial charge < -0.3 is 10.2 Å². The van der Waals surface area contributed by atoms with Crippen molar-refractivity contribution in [2.75, 3.05) is 18.4 Å². The second-order valence-electron chi connectivity index (χ2n) is 8.80. The van der Waals surface area contributed by atoms with Crippen molar-refractivity contribution in [2.45, 2.75) is 52.9 Å². The van der Waals surface area contributed by atoms with Gasteiger partial charge in [-0.15, -0.1) is 11.3 Å². The Balaban J connectivity index is 1.67. The summed E-state index contributed by atoms with van der Waals surface area (Å²) in [6.45, 7) is 8.08. The van der Waals surface area contributed by atoms with Gasteiger partial charge in [0.25, 0.3) is 11.8 Å². The van der Waals surface area contributed by atoms with Gasteiger partial charge in [-0.1, -0.05) is 32.0 Å². The van der Waals surface area contributed by atoms with E-state index in [-0.39, 0.29) is 11.8 Å². The zero-order chi connectivity index (χ0) is 20.5. The molecule has 4 nitrogen and oxygen atoms in total. The zero-order valence-electron chi connectivity index (χ0n) is 17.6. The summed E-state index contributed by atoms with van der Waals surface area (Å²) in [6.07, 6.45) is 5.14. The third kappa shape index (κ3) is 4.11. The molecule has 2 amide bonds. The predicted octanol–water partition coefficient (Wildman–Crippen LogP) is 5.31. The van der Waals surface area contributed by atoms with Crippen LogP contribution in [0.4, 0.5) is 5.00 Å². The highest BCUT2D eigenvalue weighted by atomic mass is 32.1. The summed E-state index contributed by atoms with van der Waals surface area (Å²) in [6, 6.07) is 7.60. The first kappa shape index (κ1) is 20.1. The van der Waals surface area contributed by atoms with Crippen LogP contribution in [0.15, 0.2) is 24.3 Å². The molecule has 5 heteroatoms. The molecule has 29 heavy (non-hydrogen) atoms. The van der Waals surface area contributed by atoms with Crippen molar-refractivity contribution in [1.29, 1.82) is 0 Å². The topological polar surface area (TPSA) is 49.4 Å². The van der Waals surface area contributed by atoms with Gasteiger partial charge in [0.15, 0.2) is 0 Å². The number of thiophene rings is 1. The van der Waals surface area contributed by atoms with Gasteiger partial charge in [-0.2, -0.15) is 0 Å². The summed E-state index contributed by atoms with van der Waals surface area (Å²) in [5.74, 6) is 1.27. The fraction of sp³-hybridized carbons (Fsp3) is 0.500. The lowest BCUT2D eigenvalue weighted by Crippen LogP contribution is -2.38. The van der Waals surface area contributed by atoms with Crippen LogP contribution in [-0.4, -0.2) is 29.8 Å². The van der Waals surface area contributed by atoms with E-state index in [9.17, 15) is 9.59 Å². The fourth-order valence-electron chi connectivity index (χ4n) is 4.43. The summed E-state index contributed by atoms with van der Waals surface area (Å²) >= 11 is 1.61. The summed E-state index contributed by atoms with van der Waals surface area (Å²) in [5, 5.41) is 3.84. The van der Waals surface area contributed by atoms with Crippen LogP contribution in [0.3, 0.4) is 0 Å². The summed E-state index contributed by atoms with van der Waals surface area (Å²) in [5.41, 5.74) is 3.54. The van der Waals surface area contributed by atoms with Crippen molar-refractivity contribution >= 4 is 28.2 Å². The molecule has 0 bridgehead atoms. The molecule has 1 saturated heterocycles. The van der Waals surface area contributed by atoms with Crippen LogP contribution in [0.5, 0.6) is 0 Å². The van der Waals surface area contributed by atoms with Crippen LogP contribution >= 0.6 is 11.3 Å². The molecule has 0 radical (unpaired) electrons. The third-order valence-electron chi connectivity index (χ3n) is 6.41. The first-order valence-corrected chi connectivity index (χ1v) is 11.6. The predicted molar refractivity (Wildman–Crippen MR) is 119 cm³/mol. The Bertz CT molecular complexity index is 925. The molecule has 1 fully saturated rings. The Hall–Kier alpha value is -2.14. The Morgan fingerprint density at radius 1 is 1.07 bits per heavy atom. The Morgan fingerprint density at radius 3 is 2.52 bits per heavy atom. The van der Waals surface area contributed by atoms with Crippen LogP contribution in [-0.2, 0) is 12.8 Å². The number of benzene rings is 1. The van der Waals surface area contributed by atoms with Gasteiger partial charge in [-0.3, -0.25) is 9.59 Å². The van der Waals surface area contributed by atoms with E-state index < -0.39 is 0 Å². The molecule has 1 aliphatic heterocycles. The highest BCUT2D eigenvalue weighted by Crippen LogP contribution is 2.41. The van der Waals surface area contributed by atoms with Crippen LogP contribution in [0, 0.1) is 18.8 Å². The van der Waals surface area contributed by atoms with Gasteiger partial charge >= 0.3 is 0 Å². The molecule has 1 unspecified atom stereocenters. The monoisotopic (exact) mass is 410 g/mol. The van der Waals surface area contributed by atoms with Crippen molar-refractivity contribution in [2.24, 2.45) is 11.8 Å². The summed E-state index contributed by atoms with van der Waals surface area (Å²) < 4.78 is 0. The Labute approximate surface area is 177 Å². The normalized spacial score (nSPS) is 19.7. The highest BCUT2D eigenvalue weighted by molar-refractivity contribution is 7.17. The largest absolute Gasteiger partial charge is 0.339 e. The minimum Gasteiger partial charge on any atom is -0.339 e. The van der Waals surface area contributed by atoms with Gasteiger partial charge in [0.1, 0.15) is 5.00 Å². The molecule has 4 rings (SSSR count). The maximum absolute atomic E-state index is 13.5. The molecule has 154 valence electrons. The number of carbonyl (C=O) groups is 2. The number of carbonyl (C=O) groups excluding carboxylic acids is 2. The van der Waals surface area contributed by atoms with Crippen LogP contribution in [0.25, 0.3) is 0 Å². The molecule has 1 aromatic carbocycles. The van der Waals surface area contributed by atoms with Crippen LogP contribution in [0.2, 0.25) is 0 Å². The van der Waals surface area contributed by atoms with Crippen LogP contribution in [0.1, 0.15) is 69.8 Å². The number of hydrogen-bond donors (Lipinski definition) is 1. The second kappa shape index (κ2) is 8.31. The van der Waals surface area contributed by atoms with Crippen molar-refractivity contribution in [3.63, 3.8) is 0 Å². The second-order valence-corrected chi connectivity index (χ2v) is 9.90. The SMILES string of the molecule is Cc1ccccc1C(=O)Nc1sc2c(c1C(=O)N1CCC(C)CC1)CCC(C)C2. The van der Waals surface area contributed by atoms with Gasteiger partial charge in [-0.25, -0.2) is 0 Å². The number of piperidine rings is 1. The number of aryl methyl sites for hydroxylation is 1. The van der Waals surface area contributed by atoms with E-state index in [1.165, 1.54) is 10.4 Å². The first-order chi connectivity index (χ1) is 13.9. The average Bonchev–Trinajstić information content (AvgIpc) is 3.05. The van der Waals surface area contributed by atoms with Gasteiger partial charge in [-0.05, 0) is 68.1 Å². The van der Waals surface area contributed by atoms with Gasteiger partial charge in [0.05, 0.1) is 5.56 Å². The molecule has 0 saturated carbocycles. The van der Waals surface area contributed by atoms with E-state index >= 15 is 0 Å². The van der Waals surface area contributed by atoms with Gasteiger partial charge in [0.2, 0.25) is 0 Å². The average molecular weight is 411 g/mol. The minimum atomic E-state index is -0.129. The van der Waals surface area contributed by atoms with E-state index in [0.29, 0.717) is 17.4 Å². The standard InChI is InChI=1S/C24H30N2O2S/c1-15-10-12-26(13-11-15)24(28)21-19-9-8-16(2)14-20(19)29-23(21)25-22(27)18-7-5-4-6-17(18)3/h4-7,15-16H,8-14H2,1-3H3,(H,25,27). The number of nitrogens with one attached hydrogen (secondary N) is 1. The number of anilines is 1. The maximum atomic E-state index is 13.5. The van der Waals surface area contributed by atoms with E-state index in [4.69, 9.17) is 0 Å². The van der Waals surface area contributed by atoms with E-state index in [2.05, 4.69) is 19.2 Å². The smallest absolute Gasteiger partial charge is 0.257 e. The molecule has 1 aromatic heterocycles. The molecule has 1 atom stereocenters. The molecule has 1 aliphatic carbocycles. The fourth-order valence-corrected chi connectivity index (χ4v) is 5.83. The Morgan fingerprint density at radius 2 is 1.79 bits per heavy atom. The van der Waals surface area contributed by atoms with Crippen molar-refractivity contribution in [3.05, 3.63) is 51.4 Å². The van der Waals surface area contributed by atoms with E-state index in [0.717, 1.165) is 61.3 Å². The quantitative estimate of drug-likeness (QED) is 0.746. The molecule has 2 aromatic rings. The lowest BCUT2D eigenvalue weighted by atomic mass is 9.88. The molecular formula is C24H30N2O2S. The number of fused-ring (bicyclic) bond motifs is 1. The number of amides is 2. The Kier molecular flexibility index (Phi) is 5.77. The van der Waals surface area contributed by atoms with Crippen molar-refractivity contribution < 1.29 is 9.59 Å². The van der Waals surface area contributed by atoms with Gasteiger partial charge in [0, 0.05) is 23.5 Å². The molecule has 1 N–H and O–H groups in total. The number of rotatable bonds is 3. The molecule has 2 heterocycles. The van der Waals surface area contributed by atoms with Crippen molar-refractivity contribution in [3.8, 4) is 0 Å². The number of hydrogen-bond acceptors (Lipinski definition) is 3. The van der Waals surface area contributed by atoms with E-state index in [1.807, 2.05) is 36.1 Å². The first-order valence-electron chi connectivity index (χ1n) is 10.7. The molecular weight excluding hydrogens is 380 g/mol. The summed E-state index contributed by atoms with van der Waals surface area (Å²) in [4.78, 5) is 29.8. The van der Waals surface area contributed by atoms with Crippen molar-refractivity contribution in [1.82, 2.24) is 4.90 Å². The number of nitrogens with zero attached hydrogens (tertiary/aromatic N) is 1. The zero-order valence-corrected chi connectivity index (χ0v) is 18.4. The minimum absolute atomic E-state index is 0.101.